The van der Waals surface area contributed by atoms with Gasteiger partial charge in [0.2, 0.25) is 0 Å². The van der Waals surface area contributed by atoms with E-state index in [1.54, 1.807) is 4.68 Å². The molecule has 0 aromatic carbocycles. The van der Waals surface area contributed by atoms with E-state index in [1.807, 2.05) is 26.2 Å². The van der Waals surface area contributed by atoms with E-state index in [4.69, 9.17) is 0 Å². The summed E-state index contributed by atoms with van der Waals surface area (Å²) in [6.07, 6.45) is 2.17. The van der Waals surface area contributed by atoms with Gasteiger partial charge in [0.25, 0.3) is 0 Å². The third-order valence-electron chi connectivity index (χ3n) is 1.84. The fraction of sp³-hybridized carbons (Fsp3) is 0.667. The monoisotopic (exact) mass is 183 g/mol. The van der Waals surface area contributed by atoms with E-state index in [0.29, 0.717) is 13.0 Å². The van der Waals surface area contributed by atoms with Crippen LogP contribution >= 0.6 is 0 Å². The van der Waals surface area contributed by atoms with Crippen LogP contribution in [0.3, 0.4) is 0 Å². The molecule has 2 N–H and O–H groups in total. The summed E-state index contributed by atoms with van der Waals surface area (Å²) < 4.78 is 1.75. The molecule has 1 rings (SSSR count). The van der Waals surface area contributed by atoms with Gasteiger partial charge in [-0.2, -0.15) is 5.10 Å². The van der Waals surface area contributed by atoms with Gasteiger partial charge in [0, 0.05) is 26.2 Å². The lowest BCUT2D eigenvalue weighted by atomic mass is 10.2. The molecule has 1 aromatic heterocycles. The maximum atomic E-state index is 9.53. The number of rotatable bonds is 5. The van der Waals surface area contributed by atoms with Crippen LogP contribution in [0.15, 0.2) is 12.3 Å². The summed E-state index contributed by atoms with van der Waals surface area (Å²) in [5.74, 6) is 0. The van der Waals surface area contributed by atoms with Crippen molar-refractivity contribution >= 4 is 0 Å². The van der Waals surface area contributed by atoms with Crippen LogP contribution in [0.1, 0.15) is 12.6 Å². The van der Waals surface area contributed by atoms with Crippen molar-refractivity contribution in [3.05, 3.63) is 18.0 Å². The van der Waals surface area contributed by atoms with Crippen molar-refractivity contribution in [2.75, 3.05) is 13.1 Å². The van der Waals surface area contributed by atoms with Crippen molar-refractivity contribution in [3.8, 4) is 0 Å². The summed E-state index contributed by atoms with van der Waals surface area (Å²) in [7, 11) is 1.88. The minimum absolute atomic E-state index is 0.338. The molecule has 0 aliphatic heterocycles. The lowest BCUT2D eigenvalue weighted by Crippen LogP contribution is -2.28. The smallest absolute Gasteiger partial charge is 0.0720 e. The first-order valence-corrected chi connectivity index (χ1v) is 4.59. The van der Waals surface area contributed by atoms with Gasteiger partial charge in [-0.3, -0.25) is 4.68 Å². The van der Waals surface area contributed by atoms with Gasteiger partial charge in [-0.05, 0) is 12.6 Å². The van der Waals surface area contributed by atoms with E-state index >= 15 is 0 Å². The molecule has 1 aromatic rings. The van der Waals surface area contributed by atoms with Crippen molar-refractivity contribution in [3.63, 3.8) is 0 Å². The zero-order valence-electron chi connectivity index (χ0n) is 8.20. The zero-order valence-corrected chi connectivity index (χ0v) is 8.20. The third kappa shape index (κ3) is 3.57. The Balaban J connectivity index is 2.31. The second kappa shape index (κ2) is 4.99. The number of hydrogen-bond donors (Lipinski definition) is 2. The van der Waals surface area contributed by atoms with Crippen molar-refractivity contribution in [1.29, 1.82) is 0 Å². The number of aromatic nitrogens is 2. The fourth-order valence-electron chi connectivity index (χ4n) is 1.20. The molecule has 74 valence electrons. The Bertz CT molecular complexity index is 247. The fourth-order valence-corrected chi connectivity index (χ4v) is 1.20. The van der Waals surface area contributed by atoms with Crippen molar-refractivity contribution in [2.24, 2.45) is 7.05 Å². The van der Waals surface area contributed by atoms with Crippen LogP contribution in [-0.4, -0.2) is 34.1 Å². The molecule has 1 atom stereocenters. The molecule has 0 saturated carbocycles. The van der Waals surface area contributed by atoms with Gasteiger partial charge < -0.3 is 10.4 Å². The number of likely N-dealkylation sites (N-methyl/N-ethyl adjacent to an activating group) is 1. The Morgan fingerprint density at radius 2 is 2.46 bits per heavy atom. The predicted octanol–water partition coefficient (Wildman–Crippen LogP) is -0.0670. The van der Waals surface area contributed by atoms with Gasteiger partial charge in [-0.15, -0.1) is 0 Å². The first kappa shape index (κ1) is 10.2. The Morgan fingerprint density at radius 3 is 3.00 bits per heavy atom. The number of hydrogen-bond acceptors (Lipinski definition) is 3. The zero-order chi connectivity index (χ0) is 9.68. The summed E-state index contributed by atoms with van der Waals surface area (Å²) in [5.41, 5.74) is 0.938. The molecule has 4 nitrogen and oxygen atoms in total. The number of aryl methyl sites for hydroxylation is 1. The molecule has 1 heterocycles. The number of nitrogens with one attached hydrogen (secondary N) is 1. The first-order chi connectivity index (χ1) is 6.22. The first-order valence-electron chi connectivity index (χ1n) is 4.59. The van der Waals surface area contributed by atoms with Crippen LogP contribution in [0.4, 0.5) is 0 Å². The molecule has 0 bridgehead atoms. The van der Waals surface area contributed by atoms with Crippen LogP contribution < -0.4 is 5.32 Å². The minimum atomic E-state index is -0.338. The molecular formula is C9H17N3O. The molecule has 0 radical (unpaired) electrons. The Hall–Kier alpha value is -0.870. The Morgan fingerprint density at radius 1 is 1.69 bits per heavy atom. The lowest BCUT2D eigenvalue weighted by Gasteiger charge is -2.08. The highest BCUT2D eigenvalue weighted by Gasteiger charge is 2.06. The minimum Gasteiger partial charge on any atom is -0.391 e. The molecule has 1 unspecified atom stereocenters. The molecule has 0 aliphatic carbocycles. The second-order valence-electron chi connectivity index (χ2n) is 3.15. The molecule has 13 heavy (non-hydrogen) atoms. The number of aliphatic hydroxyl groups is 1. The topological polar surface area (TPSA) is 50.1 Å². The second-order valence-corrected chi connectivity index (χ2v) is 3.15. The number of nitrogens with zero attached hydrogens (tertiary/aromatic N) is 2. The van der Waals surface area contributed by atoms with Crippen LogP contribution in [0.25, 0.3) is 0 Å². The van der Waals surface area contributed by atoms with Crippen LogP contribution in [0, 0.1) is 0 Å². The maximum absolute atomic E-state index is 9.53. The average molecular weight is 183 g/mol. The van der Waals surface area contributed by atoms with E-state index in [2.05, 4.69) is 10.4 Å². The molecule has 0 amide bonds. The van der Waals surface area contributed by atoms with Gasteiger partial charge >= 0.3 is 0 Å². The van der Waals surface area contributed by atoms with E-state index < -0.39 is 0 Å². The van der Waals surface area contributed by atoms with Gasteiger partial charge in [-0.25, -0.2) is 0 Å². The standard InChI is InChI=1S/C9H17N3O/c1-3-10-7-9(13)6-8-4-5-12(2)11-8/h4-5,9-10,13H,3,6-7H2,1-2H3. The van der Waals surface area contributed by atoms with Gasteiger partial charge in [0.1, 0.15) is 0 Å². The van der Waals surface area contributed by atoms with Crippen molar-refractivity contribution < 1.29 is 5.11 Å². The van der Waals surface area contributed by atoms with Crippen LogP contribution in [0.5, 0.6) is 0 Å². The SMILES string of the molecule is CCNCC(O)Cc1ccn(C)n1. The molecule has 0 fully saturated rings. The highest BCUT2D eigenvalue weighted by Crippen LogP contribution is 1.98. The third-order valence-corrected chi connectivity index (χ3v) is 1.84. The average Bonchev–Trinajstić information content (AvgIpc) is 2.48. The largest absolute Gasteiger partial charge is 0.391 e. The Labute approximate surface area is 78.6 Å². The van der Waals surface area contributed by atoms with E-state index in [1.165, 1.54) is 0 Å². The predicted molar refractivity (Wildman–Crippen MR) is 51.5 cm³/mol. The van der Waals surface area contributed by atoms with E-state index in [9.17, 15) is 5.11 Å². The highest BCUT2D eigenvalue weighted by atomic mass is 16.3. The quantitative estimate of drug-likeness (QED) is 0.672. The summed E-state index contributed by atoms with van der Waals surface area (Å²) in [5, 5.41) is 16.8. The van der Waals surface area contributed by atoms with Gasteiger partial charge in [0.05, 0.1) is 11.8 Å². The van der Waals surface area contributed by atoms with Crippen LogP contribution in [-0.2, 0) is 13.5 Å². The Kier molecular flexibility index (Phi) is 3.92. The van der Waals surface area contributed by atoms with Crippen molar-refractivity contribution in [1.82, 2.24) is 15.1 Å². The normalized spacial score (nSPS) is 13.2. The van der Waals surface area contributed by atoms with Gasteiger partial charge in [0.15, 0.2) is 0 Å². The molecule has 0 aliphatic rings. The highest BCUT2D eigenvalue weighted by molar-refractivity contribution is 5.00. The lowest BCUT2D eigenvalue weighted by molar-refractivity contribution is 0.171. The van der Waals surface area contributed by atoms with E-state index in [-0.39, 0.29) is 6.10 Å². The summed E-state index contributed by atoms with van der Waals surface area (Å²) >= 11 is 0. The van der Waals surface area contributed by atoms with Gasteiger partial charge in [-0.1, -0.05) is 6.92 Å². The summed E-state index contributed by atoms with van der Waals surface area (Å²) in [6, 6.07) is 1.93. The van der Waals surface area contributed by atoms with Crippen LogP contribution in [0.2, 0.25) is 0 Å². The summed E-state index contributed by atoms with van der Waals surface area (Å²) in [6.45, 7) is 3.54. The van der Waals surface area contributed by atoms with Crippen molar-refractivity contribution in [2.45, 2.75) is 19.4 Å². The molecule has 0 spiro atoms. The maximum Gasteiger partial charge on any atom is 0.0720 e. The molecular weight excluding hydrogens is 166 g/mol. The summed E-state index contributed by atoms with van der Waals surface area (Å²) in [4.78, 5) is 0. The molecule has 4 heteroatoms. The van der Waals surface area contributed by atoms with E-state index in [0.717, 1.165) is 12.2 Å². The molecule has 0 saturated heterocycles. The number of aliphatic hydroxyl groups excluding tert-OH is 1.